The van der Waals surface area contributed by atoms with Gasteiger partial charge in [-0.1, -0.05) is 33.1 Å². The molecule has 1 heterocycles. The quantitative estimate of drug-likeness (QED) is 0.629. The Morgan fingerprint density at radius 2 is 1.76 bits per heavy atom. The predicted molar refractivity (Wildman–Crippen MR) is 124 cm³/mol. The predicted octanol–water partition coefficient (Wildman–Crippen LogP) is 3.94. The SMILES string of the molecule is CCN(CC)S(=O)(=O)c1ccc(N2CCCC2)c(NC(=S)NC2CCCCC2)c1. The maximum absolute atomic E-state index is 13.0. The Morgan fingerprint density at radius 3 is 2.38 bits per heavy atom. The molecular formula is C21H34N4O2S2. The number of benzene rings is 1. The Balaban J connectivity index is 1.85. The van der Waals surface area contributed by atoms with Crippen LogP contribution < -0.4 is 15.5 Å². The number of thiocarbonyl (C=S) groups is 1. The van der Waals surface area contributed by atoms with Crippen LogP contribution in [0, 0.1) is 0 Å². The van der Waals surface area contributed by atoms with Crippen LogP contribution in [0.25, 0.3) is 0 Å². The van der Waals surface area contributed by atoms with Crippen LogP contribution in [0.5, 0.6) is 0 Å². The number of sulfonamides is 1. The molecule has 0 atom stereocenters. The van der Waals surface area contributed by atoms with Gasteiger partial charge in [0.05, 0.1) is 16.3 Å². The van der Waals surface area contributed by atoms with Crippen LogP contribution in [0.2, 0.25) is 0 Å². The Hall–Kier alpha value is -1.38. The fraction of sp³-hybridized carbons (Fsp3) is 0.667. The lowest BCUT2D eigenvalue weighted by Crippen LogP contribution is -2.39. The van der Waals surface area contributed by atoms with E-state index in [9.17, 15) is 8.42 Å². The first kappa shape index (κ1) is 22.3. The van der Waals surface area contributed by atoms with Gasteiger partial charge >= 0.3 is 0 Å². The molecule has 0 radical (unpaired) electrons. The van der Waals surface area contributed by atoms with Crippen molar-refractivity contribution in [3.8, 4) is 0 Å². The van der Waals surface area contributed by atoms with Crippen LogP contribution in [0.4, 0.5) is 11.4 Å². The van der Waals surface area contributed by atoms with Crippen molar-refractivity contribution < 1.29 is 8.42 Å². The van der Waals surface area contributed by atoms with Crippen LogP contribution in [0.3, 0.4) is 0 Å². The molecule has 0 bridgehead atoms. The van der Waals surface area contributed by atoms with E-state index in [1.165, 1.54) is 23.6 Å². The van der Waals surface area contributed by atoms with Crippen LogP contribution in [-0.2, 0) is 10.0 Å². The maximum Gasteiger partial charge on any atom is 0.243 e. The summed E-state index contributed by atoms with van der Waals surface area (Å²) in [5, 5.41) is 7.33. The van der Waals surface area contributed by atoms with Gasteiger partial charge in [-0.2, -0.15) is 4.31 Å². The second kappa shape index (κ2) is 10.1. The minimum atomic E-state index is -3.52. The summed E-state index contributed by atoms with van der Waals surface area (Å²) in [6, 6.07) is 5.80. The number of nitrogens with one attached hydrogen (secondary N) is 2. The van der Waals surface area contributed by atoms with Crippen LogP contribution in [-0.4, -0.2) is 50.1 Å². The van der Waals surface area contributed by atoms with Crippen molar-refractivity contribution in [1.29, 1.82) is 0 Å². The molecule has 1 saturated carbocycles. The van der Waals surface area contributed by atoms with Gasteiger partial charge in [0.15, 0.2) is 5.11 Å². The standard InChI is InChI=1S/C21H34N4O2S2/c1-3-25(4-2)29(26,27)18-12-13-20(24-14-8-9-15-24)19(16-18)23-21(28)22-17-10-6-5-7-11-17/h12-13,16-17H,3-11,14-15H2,1-2H3,(H2,22,23,28). The van der Waals surface area contributed by atoms with E-state index in [0.717, 1.165) is 50.1 Å². The normalized spacial score (nSPS) is 18.2. The molecule has 2 fully saturated rings. The summed E-state index contributed by atoms with van der Waals surface area (Å²) >= 11 is 5.58. The zero-order valence-corrected chi connectivity index (χ0v) is 19.2. The highest BCUT2D eigenvalue weighted by Gasteiger charge is 2.25. The summed E-state index contributed by atoms with van der Waals surface area (Å²) in [5.74, 6) is 0. The Labute approximate surface area is 181 Å². The number of hydrogen-bond donors (Lipinski definition) is 2. The van der Waals surface area contributed by atoms with Gasteiger partial charge in [0.25, 0.3) is 0 Å². The number of rotatable bonds is 7. The molecule has 29 heavy (non-hydrogen) atoms. The molecule has 8 heteroatoms. The topological polar surface area (TPSA) is 64.7 Å². The van der Waals surface area contributed by atoms with E-state index < -0.39 is 10.0 Å². The highest BCUT2D eigenvalue weighted by molar-refractivity contribution is 7.89. The molecule has 0 unspecified atom stereocenters. The summed E-state index contributed by atoms with van der Waals surface area (Å²) < 4.78 is 27.5. The van der Waals surface area contributed by atoms with Crippen LogP contribution >= 0.6 is 12.2 Å². The third-order valence-corrected chi connectivity index (χ3v) is 8.21. The molecule has 162 valence electrons. The molecule has 1 aromatic carbocycles. The lowest BCUT2D eigenvalue weighted by molar-refractivity contribution is 0.415. The Morgan fingerprint density at radius 1 is 1.10 bits per heavy atom. The third-order valence-electron chi connectivity index (χ3n) is 5.95. The van der Waals surface area contributed by atoms with Crippen LogP contribution in [0.15, 0.2) is 23.1 Å². The van der Waals surface area contributed by atoms with Crippen molar-refractivity contribution in [3.05, 3.63) is 18.2 Å². The summed E-state index contributed by atoms with van der Waals surface area (Å²) in [6.07, 6.45) is 8.35. The van der Waals surface area contributed by atoms with E-state index in [2.05, 4.69) is 15.5 Å². The van der Waals surface area contributed by atoms with Crippen molar-refractivity contribution in [2.45, 2.75) is 69.7 Å². The highest BCUT2D eigenvalue weighted by atomic mass is 32.2. The van der Waals surface area contributed by atoms with Gasteiger partial charge in [0.1, 0.15) is 0 Å². The second-order valence-electron chi connectivity index (χ2n) is 7.90. The fourth-order valence-electron chi connectivity index (χ4n) is 4.31. The Kier molecular flexibility index (Phi) is 7.76. The first-order valence-electron chi connectivity index (χ1n) is 10.9. The van der Waals surface area contributed by atoms with Crippen molar-refractivity contribution >= 4 is 38.7 Å². The van der Waals surface area contributed by atoms with Gasteiger partial charge < -0.3 is 15.5 Å². The van der Waals surface area contributed by atoms with Gasteiger partial charge in [-0.05, 0) is 56.1 Å². The van der Waals surface area contributed by atoms with Gasteiger partial charge in [-0.25, -0.2) is 8.42 Å². The molecule has 1 aromatic rings. The van der Waals surface area contributed by atoms with E-state index in [-0.39, 0.29) is 0 Å². The van der Waals surface area contributed by atoms with Gasteiger partial charge in [-0.15, -0.1) is 0 Å². The lowest BCUT2D eigenvalue weighted by atomic mass is 9.96. The largest absolute Gasteiger partial charge is 0.370 e. The zero-order chi connectivity index (χ0) is 20.9. The average Bonchev–Trinajstić information content (AvgIpc) is 3.24. The van der Waals surface area contributed by atoms with Crippen molar-refractivity contribution in [2.75, 3.05) is 36.4 Å². The monoisotopic (exact) mass is 438 g/mol. The van der Waals surface area contributed by atoms with Gasteiger partial charge in [0.2, 0.25) is 10.0 Å². The number of nitrogens with zero attached hydrogens (tertiary/aromatic N) is 2. The molecule has 2 aliphatic rings. The zero-order valence-electron chi connectivity index (χ0n) is 17.6. The van der Waals surface area contributed by atoms with Crippen molar-refractivity contribution in [3.63, 3.8) is 0 Å². The molecule has 0 spiro atoms. The maximum atomic E-state index is 13.0. The molecule has 1 aliphatic carbocycles. The number of anilines is 2. The molecule has 3 rings (SSSR count). The van der Waals surface area contributed by atoms with Gasteiger partial charge in [0, 0.05) is 32.2 Å². The molecule has 1 aliphatic heterocycles. The third kappa shape index (κ3) is 5.41. The first-order chi connectivity index (χ1) is 14.0. The smallest absolute Gasteiger partial charge is 0.243 e. The fourth-order valence-corrected chi connectivity index (χ4v) is 6.07. The highest BCUT2D eigenvalue weighted by Crippen LogP contribution is 2.32. The van der Waals surface area contributed by atoms with E-state index in [0.29, 0.717) is 29.1 Å². The molecule has 0 amide bonds. The van der Waals surface area contributed by atoms with E-state index >= 15 is 0 Å². The molecule has 6 nitrogen and oxygen atoms in total. The van der Waals surface area contributed by atoms with E-state index in [4.69, 9.17) is 12.2 Å². The minimum Gasteiger partial charge on any atom is -0.370 e. The summed E-state index contributed by atoms with van der Waals surface area (Å²) in [5.41, 5.74) is 1.79. The van der Waals surface area contributed by atoms with E-state index in [1.807, 2.05) is 19.9 Å². The van der Waals surface area contributed by atoms with Crippen molar-refractivity contribution in [1.82, 2.24) is 9.62 Å². The summed E-state index contributed by atoms with van der Waals surface area (Å²) in [7, 11) is -3.52. The summed E-state index contributed by atoms with van der Waals surface area (Å²) in [4.78, 5) is 2.62. The molecule has 1 saturated heterocycles. The second-order valence-corrected chi connectivity index (χ2v) is 10.2. The van der Waals surface area contributed by atoms with E-state index in [1.54, 1.807) is 12.1 Å². The molecule has 0 aromatic heterocycles. The lowest BCUT2D eigenvalue weighted by Gasteiger charge is -2.27. The minimum absolute atomic E-state index is 0.312. The number of hydrogen-bond acceptors (Lipinski definition) is 4. The summed E-state index contributed by atoms with van der Waals surface area (Å²) in [6.45, 7) is 6.61. The Bertz CT molecular complexity index is 797. The van der Waals surface area contributed by atoms with Crippen LogP contribution in [0.1, 0.15) is 58.8 Å². The average molecular weight is 439 g/mol. The first-order valence-corrected chi connectivity index (χ1v) is 12.8. The molecular weight excluding hydrogens is 404 g/mol. The molecule has 2 N–H and O–H groups in total. The van der Waals surface area contributed by atoms with Gasteiger partial charge in [-0.3, -0.25) is 0 Å². The van der Waals surface area contributed by atoms with Crippen molar-refractivity contribution in [2.24, 2.45) is 0 Å².